The van der Waals surface area contributed by atoms with Gasteiger partial charge in [0, 0.05) is 24.7 Å². The van der Waals surface area contributed by atoms with Gasteiger partial charge in [0.05, 0.1) is 45.4 Å². The van der Waals surface area contributed by atoms with E-state index in [4.69, 9.17) is 25.8 Å². The van der Waals surface area contributed by atoms with Crippen LogP contribution in [0.1, 0.15) is 5.56 Å². The van der Waals surface area contributed by atoms with Crippen LogP contribution in [0.3, 0.4) is 0 Å². The fourth-order valence-corrected chi connectivity index (χ4v) is 3.33. The molecule has 1 aliphatic rings. The summed E-state index contributed by atoms with van der Waals surface area (Å²) in [6.07, 6.45) is 0. The zero-order valence-electron chi connectivity index (χ0n) is 16.7. The van der Waals surface area contributed by atoms with Gasteiger partial charge in [-0.1, -0.05) is 17.7 Å². The largest absolute Gasteiger partial charge is 0.493 e. The highest BCUT2D eigenvalue weighted by molar-refractivity contribution is 6.31. The van der Waals surface area contributed by atoms with Gasteiger partial charge in [0.15, 0.2) is 11.5 Å². The maximum atomic E-state index is 12.3. The molecule has 29 heavy (non-hydrogen) atoms. The summed E-state index contributed by atoms with van der Waals surface area (Å²) in [5, 5.41) is 6.73. The van der Waals surface area contributed by atoms with Gasteiger partial charge in [-0.2, -0.15) is 0 Å². The van der Waals surface area contributed by atoms with Gasteiger partial charge in [0.1, 0.15) is 0 Å². The Kier molecular flexibility index (Phi) is 7.43. The van der Waals surface area contributed by atoms with Crippen molar-refractivity contribution in [2.24, 2.45) is 0 Å². The number of ether oxygens (including phenoxy) is 3. The van der Waals surface area contributed by atoms with Gasteiger partial charge in [-0.05, 0) is 35.9 Å². The van der Waals surface area contributed by atoms with Crippen LogP contribution in [0.4, 0.5) is 11.4 Å². The van der Waals surface area contributed by atoms with Crippen LogP contribution in [0.5, 0.6) is 11.5 Å². The lowest BCUT2D eigenvalue weighted by molar-refractivity contribution is -0.119. The van der Waals surface area contributed by atoms with Crippen LogP contribution in [0.15, 0.2) is 36.4 Å². The molecule has 1 heterocycles. The molecule has 0 aromatic heterocycles. The second-order valence-electron chi connectivity index (χ2n) is 6.58. The van der Waals surface area contributed by atoms with Gasteiger partial charge in [-0.15, -0.1) is 0 Å². The topological polar surface area (TPSA) is 72.1 Å². The Bertz CT molecular complexity index is 841. The Labute approximate surface area is 175 Å². The van der Waals surface area contributed by atoms with Crippen molar-refractivity contribution >= 4 is 28.9 Å². The lowest BCUT2D eigenvalue weighted by atomic mass is 10.2. The molecule has 7 nitrogen and oxygen atoms in total. The van der Waals surface area contributed by atoms with E-state index in [0.29, 0.717) is 36.3 Å². The quantitative estimate of drug-likeness (QED) is 0.685. The minimum atomic E-state index is -0.118. The number of nitrogens with one attached hydrogen (secondary N) is 2. The predicted octanol–water partition coefficient (Wildman–Crippen LogP) is 2.92. The summed E-state index contributed by atoms with van der Waals surface area (Å²) in [4.78, 5) is 14.6. The Morgan fingerprint density at radius 2 is 1.86 bits per heavy atom. The highest BCUT2D eigenvalue weighted by Crippen LogP contribution is 2.30. The molecule has 0 bridgehead atoms. The number of halogens is 1. The third-order valence-electron chi connectivity index (χ3n) is 4.69. The number of methoxy groups -OCH3 is 2. The Hall–Kier alpha value is -2.64. The van der Waals surface area contributed by atoms with Crippen molar-refractivity contribution in [3.05, 3.63) is 47.0 Å². The smallest absolute Gasteiger partial charge is 0.239 e. The zero-order valence-corrected chi connectivity index (χ0v) is 17.4. The number of hydrogen-bond donors (Lipinski definition) is 2. The summed E-state index contributed by atoms with van der Waals surface area (Å²) in [5.41, 5.74) is 2.78. The molecule has 0 radical (unpaired) electrons. The molecule has 0 unspecified atom stereocenters. The minimum Gasteiger partial charge on any atom is -0.493 e. The average molecular weight is 420 g/mol. The molecule has 8 heteroatoms. The van der Waals surface area contributed by atoms with Gasteiger partial charge in [-0.3, -0.25) is 4.79 Å². The summed E-state index contributed by atoms with van der Waals surface area (Å²) in [6, 6.07) is 11.2. The van der Waals surface area contributed by atoms with Crippen molar-refractivity contribution < 1.29 is 19.0 Å². The van der Waals surface area contributed by atoms with Gasteiger partial charge < -0.3 is 29.7 Å². The van der Waals surface area contributed by atoms with Gasteiger partial charge in [0.2, 0.25) is 5.91 Å². The molecule has 2 N–H and O–H groups in total. The van der Waals surface area contributed by atoms with Crippen LogP contribution in [0.2, 0.25) is 5.02 Å². The molecule has 3 rings (SSSR count). The normalized spacial score (nSPS) is 13.7. The summed E-state index contributed by atoms with van der Waals surface area (Å²) < 4.78 is 15.9. The van der Waals surface area contributed by atoms with E-state index in [2.05, 4.69) is 15.5 Å². The molecular formula is C21H26ClN3O4. The first-order valence-electron chi connectivity index (χ1n) is 9.44. The highest BCUT2D eigenvalue weighted by atomic mass is 35.5. The molecule has 0 spiro atoms. The van der Waals surface area contributed by atoms with E-state index in [1.165, 1.54) is 0 Å². The van der Waals surface area contributed by atoms with E-state index in [1.807, 2.05) is 36.4 Å². The van der Waals surface area contributed by atoms with Crippen molar-refractivity contribution in [1.82, 2.24) is 5.32 Å². The van der Waals surface area contributed by atoms with Gasteiger partial charge in [-0.25, -0.2) is 0 Å². The number of morpholine rings is 1. The number of carbonyl (C=O) groups excluding carboxylic acids is 1. The van der Waals surface area contributed by atoms with Crippen molar-refractivity contribution in [2.75, 3.05) is 57.3 Å². The SMILES string of the molecule is COc1ccc(CNC(=O)CNc2cc(Cl)ccc2N2CCOCC2)cc1OC. The standard InChI is InChI=1S/C21H26ClN3O4/c1-27-19-6-3-15(11-20(19)28-2)13-24-21(26)14-23-17-12-16(22)4-5-18(17)25-7-9-29-10-8-25/h3-6,11-12,23H,7-10,13-14H2,1-2H3,(H,24,26). The maximum Gasteiger partial charge on any atom is 0.239 e. The zero-order chi connectivity index (χ0) is 20.6. The van der Waals surface area contributed by atoms with E-state index in [9.17, 15) is 4.79 Å². The molecular weight excluding hydrogens is 394 g/mol. The maximum absolute atomic E-state index is 12.3. The van der Waals surface area contributed by atoms with Crippen molar-refractivity contribution in [3.8, 4) is 11.5 Å². The predicted molar refractivity (Wildman–Crippen MR) is 114 cm³/mol. The third-order valence-corrected chi connectivity index (χ3v) is 4.92. The number of hydrogen-bond acceptors (Lipinski definition) is 6. The summed E-state index contributed by atoms with van der Waals surface area (Å²) in [7, 11) is 3.17. The number of carbonyl (C=O) groups is 1. The lowest BCUT2D eigenvalue weighted by Crippen LogP contribution is -2.37. The Morgan fingerprint density at radius 3 is 2.59 bits per heavy atom. The molecule has 0 saturated carbocycles. The molecule has 1 fully saturated rings. The second kappa shape index (κ2) is 10.2. The van der Waals surface area contributed by atoms with Gasteiger partial charge in [0.25, 0.3) is 0 Å². The minimum absolute atomic E-state index is 0.118. The van der Waals surface area contributed by atoms with E-state index in [-0.39, 0.29) is 12.5 Å². The number of benzene rings is 2. The fraction of sp³-hybridized carbons (Fsp3) is 0.381. The molecule has 1 saturated heterocycles. The first-order chi connectivity index (χ1) is 14.1. The number of anilines is 2. The Balaban J connectivity index is 1.57. The Morgan fingerprint density at radius 1 is 1.10 bits per heavy atom. The third kappa shape index (κ3) is 5.68. The number of amides is 1. The van der Waals surface area contributed by atoms with Crippen LogP contribution in [0.25, 0.3) is 0 Å². The average Bonchev–Trinajstić information content (AvgIpc) is 2.76. The first-order valence-corrected chi connectivity index (χ1v) is 9.82. The van der Waals surface area contributed by atoms with Crippen molar-refractivity contribution in [1.29, 1.82) is 0 Å². The monoisotopic (exact) mass is 419 g/mol. The molecule has 2 aromatic rings. The summed E-state index contributed by atoms with van der Waals surface area (Å²) in [5.74, 6) is 1.17. The summed E-state index contributed by atoms with van der Waals surface area (Å²) >= 11 is 6.16. The van der Waals surface area contributed by atoms with Crippen LogP contribution < -0.4 is 25.0 Å². The van der Waals surface area contributed by atoms with Crippen LogP contribution in [-0.4, -0.2) is 53.0 Å². The molecule has 1 amide bonds. The van der Waals surface area contributed by atoms with Gasteiger partial charge >= 0.3 is 0 Å². The molecule has 0 aliphatic carbocycles. The van der Waals surface area contributed by atoms with E-state index in [0.717, 1.165) is 30.0 Å². The van der Waals surface area contributed by atoms with E-state index >= 15 is 0 Å². The first kappa shape index (κ1) is 21.1. The molecule has 0 atom stereocenters. The fourth-order valence-electron chi connectivity index (χ4n) is 3.16. The number of rotatable bonds is 8. The summed E-state index contributed by atoms with van der Waals surface area (Å²) in [6.45, 7) is 3.53. The second-order valence-corrected chi connectivity index (χ2v) is 7.02. The lowest BCUT2D eigenvalue weighted by Gasteiger charge is -2.30. The van der Waals surface area contributed by atoms with E-state index < -0.39 is 0 Å². The van der Waals surface area contributed by atoms with Crippen LogP contribution >= 0.6 is 11.6 Å². The molecule has 1 aliphatic heterocycles. The molecule has 2 aromatic carbocycles. The van der Waals surface area contributed by atoms with Crippen LogP contribution in [0, 0.1) is 0 Å². The van der Waals surface area contributed by atoms with Crippen molar-refractivity contribution in [2.45, 2.75) is 6.54 Å². The van der Waals surface area contributed by atoms with Crippen LogP contribution in [-0.2, 0) is 16.1 Å². The number of nitrogens with zero attached hydrogens (tertiary/aromatic N) is 1. The molecule has 156 valence electrons. The van der Waals surface area contributed by atoms with E-state index in [1.54, 1.807) is 14.2 Å². The highest BCUT2D eigenvalue weighted by Gasteiger charge is 2.16. The van der Waals surface area contributed by atoms with Crippen molar-refractivity contribution in [3.63, 3.8) is 0 Å².